The second-order valence-electron chi connectivity index (χ2n) is 7.78. The fourth-order valence-electron chi connectivity index (χ4n) is 3.65. The summed E-state index contributed by atoms with van der Waals surface area (Å²) in [5.41, 5.74) is 3.15. The van der Waals surface area contributed by atoms with Crippen molar-refractivity contribution in [1.82, 2.24) is 10.2 Å². The maximum absolute atomic E-state index is 12.7. The van der Waals surface area contributed by atoms with Gasteiger partial charge in [0.15, 0.2) is 0 Å². The lowest BCUT2D eigenvalue weighted by atomic mass is 10.1. The average Bonchev–Trinajstić information content (AvgIpc) is 3.35. The van der Waals surface area contributed by atoms with Gasteiger partial charge in [0.05, 0.1) is 4.88 Å². The molecule has 0 spiro atoms. The molecule has 7 heteroatoms. The number of piperidine rings is 1. The maximum atomic E-state index is 12.7. The highest BCUT2D eigenvalue weighted by Crippen LogP contribution is 2.18. The fourth-order valence-corrected chi connectivity index (χ4v) is 4.29. The van der Waals surface area contributed by atoms with Crippen molar-refractivity contribution in [2.24, 2.45) is 0 Å². The SMILES string of the molecule is O=C(Nc1cccc(CN2CCCCC2=O)c1)c1ccc(CNC(=O)c2cccs2)cc1. The Hall–Kier alpha value is -3.45. The van der Waals surface area contributed by atoms with Gasteiger partial charge in [0, 0.05) is 37.3 Å². The van der Waals surface area contributed by atoms with Crippen LogP contribution in [0.1, 0.15) is 50.4 Å². The second-order valence-corrected chi connectivity index (χ2v) is 8.73. The van der Waals surface area contributed by atoms with Crippen LogP contribution in [0.4, 0.5) is 5.69 Å². The third kappa shape index (κ3) is 5.62. The zero-order valence-corrected chi connectivity index (χ0v) is 18.5. The summed E-state index contributed by atoms with van der Waals surface area (Å²) < 4.78 is 0. The van der Waals surface area contributed by atoms with E-state index in [1.165, 1.54) is 11.3 Å². The molecule has 0 aliphatic carbocycles. The standard InChI is InChI=1S/C25H25N3O3S/c29-23-8-1-2-13-28(23)17-19-5-3-6-21(15-19)27-24(30)20-11-9-18(10-12-20)16-26-25(31)22-7-4-14-32-22/h3-7,9-12,14-15H,1-2,8,13,16-17H2,(H,26,31)(H,27,30). The Kier molecular flexibility index (Phi) is 6.97. The first kappa shape index (κ1) is 21.8. The number of hydrogen-bond donors (Lipinski definition) is 2. The minimum atomic E-state index is -0.203. The van der Waals surface area contributed by atoms with Crippen LogP contribution in [0.2, 0.25) is 0 Å². The third-order valence-electron chi connectivity index (χ3n) is 5.39. The lowest BCUT2D eigenvalue weighted by molar-refractivity contribution is -0.133. The Morgan fingerprint density at radius 1 is 0.938 bits per heavy atom. The van der Waals surface area contributed by atoms with E-state index in [4.69, 9.17) is 0 Å². The molecule has 2 heterocycles. The minimum Gasteiger partial charge on any atom is -0.347 e. The highest BCUT2D eigenvalue weighted by atomic mass is 32.1. The highest BCUT2D eigenvalue weighted by Gasteiger charge is 2.18. The molecule has 1 fully saturated rings. The molecule has 0 atom stereocenters. The molecular formula is C25H25N3O3S. The van der Waals surface area contributed by atoms with Gasteiger partial charge in [-0.1, -0.05) is 30.3 Å². The lowest BCUT2D eigenvalue weighted by Crippen LogP contribution is -2.34. The number of rotatable bonds is 7. The Labute approximate surface area is 191 Å². The van der Waals surface area contributed by atoms with Crippen molar-refractivity contribution in [1.29, 1.82) is 0 Å². The molecule has 0 radical (unpaired) electrons. The second kappa shape index (κ2) is 10.2. The smallest absolute Gasteiger partial charge is 0.261 e. The van der Waals surface area contributed by atoms with Crippen molar-refractivity contribution in [3.05, 3.63) is 87.6 Å². The van der Waals surface area contributed by atoms with E-state index in [1.807, 2.05) is 52.7 Å². The molecule has 164 valence electrons. The summed E-state index contributed by atoms with van der Waals surface area (Å²) in [4.78, 5) is 39.3. The molecule has 3 aromatic rings. The Morgan fingerprint density at radius 3 is 2.53 bits per heavy atom. The predicted molar refractivity (Wildman–Crippen MR) is 126 cm³/mol. The summed E-state index contributed by atoms with van der Waals surface area (Å²) in [6, 6.07) is 18.4. The van der Waals surface area contributed by atoms with Crippen molar-refractivity contribution in [2.45, 2.75) is 32.4 Å². The number of carbonyl (C=O) groups excluding carboxylic acids is 3. The van der Waals surface area contributed by atoms with E-state index in [2.05, 4.69) is 10.6 Å². The molecule has 1 saturated heterocycles. The van der Waals surface area contributed by atoms with Crippen molar-refractivity contribution < 1.29 is 14.4 Å². The van der Waals surface area contributed by atoms with E-state index >= 15 is 0 Å². The van der Waals surface area contributed by atoms with E-state index in [1.54, 1.807) is 18.2 Å². The predicted octanol–water partition coefficient (Wildman–Crippen LogP) is 4.44. The summed E-state index contributed by atoms with van der Waals surface area (Å²) in [5, 5.41) is 7.67. The first-order valence-electron chi connectivity index (χ1n) is 10.7. The van der Waals surface area contributed by atoms with Crippen molar-refractivity contribution in [3.63, 3.8) is 0 Å². The number of benzene rings is 2. The minimum absolute atomic E-state index is 0.104. The molecular weight excluding hydrogens is 422 g/mol. The molecule has 0 unspecified atom stereocenters. The zero-order chi connectivity index (χ0) is 22.3. The largest absolute Gasteiger partial charge is 0.347 e. The Bertz CT molecular complexity index is 1090. The monoisotopic (exact) mass is 447 g/mol. The maximum Gasteiger partial charge on any atom is 0.261 e. The molecule has 2 aromatic carbocycles. The quantitative estimate of drug-likeness (QED) is 0.562. The molecule has 1 aliphatic rings. The summed E-state index contributed by atoms with van der Waals surface area (Å²) in [6.07, 6.45) is 2.62. The summed E-state index contributed by atoms with van der Waals surface area (Å²) >= 11 is 1.40. The number of carbonyl (C=O) groups is 3. The van der Waals surface area contributed by atoms with Crippen LogP contribution in [0.5, 0.6) is 0 Å². The average molecular weight is 448 g/mol. The van der Waals surface area contributed by atoms with Crippen LogP contribution in [-0.2, 0) is 17.9 Å². The number of thiophene rings is 1. The first-order valence-corrected chi connectivity index (χ1v) is 11.6. The number of amides is 3. The van der Waals surface area contributed by atoms with Gasteiger partial charge in [0.1, 0.15) is 0 Å². The molecule has 0 bridgehead atoms. The Morgan fingerprint density at radius 2 is 1.78 bits per heavy atom. The van der Waals surface area contributed by atoms with Gasteiger partial charge in [0.2, 0.25) is 5.91 Å². The molecule has 3 amide bonds. The van der Waals surface area contributed by atoms with Crippen molar-refractivity contribution in [3.8, 4) is 0 Å². The normalized spacial score (nSPS) is 13.6. The highest BCUT2D eigenvalue weighted by molar-refractivity contribution is 7.12. The molecule has 6 nitrogen and oxygen atoms in total. The van der Waals surface area contributed by atoms with Crippen LogP contribution < -0.4 is 10.6 Å². The van der Waals surface area contributed by atoms with E-state index in [0.717, 1.165) is 30.5 Å². The van der Waals surface area contributed by atoms with Crippen LogP contribution in [-0.4, -0.2) is 29.2 Å². The van der Waals surface area contributed by atoms with Crippen LogP contribution in [0.15, 0.2) is 66.0 Å². The van der Waals surface area contributed by atoms with Crippen LogP contribution in [0.3, 0.4) is 0 Å². The van der Waals surface area contributed by atoms with E-state index in [0.29, 0.717) is 35.6 Å². The fraction of sp³-hybridized carbons (Fsp3) is 0.240. The topological polar surface area (TPSA) is 78.5 Å². The zero-order valence-electron chi connectivity index (χ0n) is 17.7. The number of nitrogens with one attached hydrogen (secondary N) is 2. The Balaban J connectivity index is 1.32. The van der Waals surface area contributed by atoms with Crippen molar-refractivity contribution in [2.75, 3.05) is 11.9 Å². The van der Waals surface area contributed by atoms with Gasteiger partial charge in [-0.3, -0.25) is 14.4 Å². The van der Waals surface area contributed by atoms with Crippen LogP contribution >= 0.6 is 11.3 Å². The number of hydrogen-bond acceptors (Lipinski definition) is 4. The van der Waals surface area contributed by atoms with E-state index in [9.17, 15) is 14.4 Å². The van der Waals surface area contributed by atoms with Crippen LogP contribution in [0, 0.1) is 0 Å². The van der Waals surface area contributed by atoms with Gasteiger partial charge in [-0.2, -0.15) is 0 Å². The molecule has 2 N–H and O–H groups in total. The summed E-state index contributed by atoms with van der Waals surface area (Å²) in [6.45, 7) is 1.75. The lowest BCUT2D eigenvalue weighted by Gasteiger charge is -2.26. The van der Waals surface area contributed by atoms with E-state index in [-0.39, 0.29) is 17.7 Å². The summed E-state index contributed by atoms with van der Waals surface area (Å²) in [5.74, 6) is -0.115. The number of likely N-dealkylation sites (tertiary alicyclic amines) is 1. The molecule has 1 aromatic heterocycles. The number of anilines is 1. The molecule has 1 aliphatic heterocycles. The first-order chi connectivity index (χ1) is 15.6. The van der Waals surface area contributed by atoms with Gasteiger partial charge in [-0.25, -0.2) is 0 Å². The molecule has 32 heavy (non-hydrogen) atoms. The van der Waals surface area contributed by atoms with Gasteiger partial charge in [0.25, 0.3) is 11.8 Å². The summed E-state index contributed by atoms with van der Waals surface area (Å²) in [7, 11) is 0. The van der Waals surface area contributed by atoms with Gasteiger partial charge < -0.3 is 15.5 Å². The van der Waals surface area contributed by atoms with Gasteiger partial charge >= 0.3 is 0 Å². The molecule has 0 saturated carbocycles. The van der Waals surface area contributed by atoms with Crippen LogP contribution in [0.25, 0.3) is 0 Å². The molecule has 4 rings (SSSR count). The third-order valence-corrected chi connectivity index (χ3v) is 6.26. The van der Waals surface area contributed by atoms with E-state index < -0.39 is 0 Å². The van der Waals surface area contributed by atoms with Gasteiger partial charge in [-0.15, -0.1) is 11.3 Å². The number of nitrogens with zero attached hydrogens (tertiary/aromatic N) is 1. The van der Waals surface area contributed by atoms with Gasteiger partial charge in [-0.05, 0) is 59.7 Å². The van der Waals surface area contributed by atoms with Crippen molar-refractivity contribution >= 4 is 34.7 Å².